The van der Waals surface area contributed by atoms with Gasteiger partial charge in [-0.05, 0) is 23.8 Å². The molecule has 0 bridgehead atoms. The first-order valence-corrected chi connectivity index (χ1v) is 9.76. The number of para-hydroxylation sites is 1. The van der Waals surface area contributed by atoms with Crippen molar-refractivity contribution >= 4 is 56.4 Å². The predicted molar refractivity (Wildman–Crippen MR) is 116 cm³/mol. The zero-order valence-corrected chi connectivity index (χ0v) is 16.4. The van der Waals surface area contributed by atoms with E-state index in [9.17, 15) is 14.7 Å². The number of carbonyl (C=O) groups excluding carboxylic acids is 1. The van der Waals surface area contributed by atoms with Gasteiger partial charge in [0, 0.05) is 27.5 Å². The molecule has 0 unspecified atom stereocenters. The zero-order valence-electron chi connectivity index (χ0n) is 14.8. The lowest BCUT2D eigenvalue weighted by molar-refractivity contribution is 0.0699. The molecule has 4 N–H and O–H groups in total. The number of aromatic nitrogens is 1. The van der Waals surface area contributed by atoms with Gasteiger partial charge in [0.15, 0.2) is 0 Å². The van der Waals surface area contributed by atoms with Crippen LogP contribution in [0, 0.1) is 0 Å². The average molecular weight is 424 g/mol. The summed E-state index contributed by atoms with van der Waals surface area (Å²) in [5, 5.41) is 15.5. The topological polar surface area (TPSA) is 105 Å². The highest BCUT2D eigenvalue weighted by molar-refractivity contribution is 7.15. The van der Waals surface area contributed by atoms with Gasteiger partial charge < -0.3 is 16.2 Å². The maximum absolute atomic E-state index is 12.8. The number of carboxylic acids is 1. The zero-order chi connectivity index (χ0) is 20.5. The molecule has 0 fully saturated rings. The minimum absolute atomic E-state index is 0.0120. The van der Waals surface area contributed by atoms with E-state index in [2.05, 4.69) is 10.3 Å². The van der Waals surface area contributed by atoms with Gasteiger partial charge in [0.05, 0.1) is 16.8 Å². The van der Waals surface area contributed by atoms with Crippen molar-refractivity contribution in [1.82, 2.24) is 4.98 Å². The van der Waals surface area contributed by atoms with E-state index in [0.717, 1.165) is 11.3 Å². The highest BCUT2D eigenvalue weighted by Crippen LogP contribution is 2.36. The van der Waals surface area contributed by atoms with Crippen molar-refractivity contribution in [2.75, 3.05) is 11.1 Å². The number of nitrogens with zero attached hydrogens (tertiary/aromatic N) is 1. The summed E-state index contributed by atoms with van der Waals surface area (Å²) >= 11 is 7.04. The molecule has 0 radical (unpaired) electrons. The van der Waals surface area contributed by atoms with Crippen LogP contribution in [0.1, 0.15) is 20.7 Å². The highest BCUT2D eigenvalue weighted by atomic mass is 35.5. The molecular weight excluding hydrogens is 410 g/mol. The predicted octanol–water partition coefficient (Wildman–Crippen LogP) is 5.15. The van der Waals surface area contributed by atoms with Crippen molar-refractivity contribution in [3.05, 3.63) is 76.3 Å². The maximum atomic E-state index is 12.8. The van der Waals surface area contributed by atoms with Gasteiger partial charge in [-0.25, -0.2) is 4.79 Å². The molecule has 29 heavy (non-hydrogen) atoms. The van der Waals surface area contributed by atoms with Crippen LogP contribution in [0.25, 0.3) is 22.0 Å². The number of amides is 1. The summed E-state index contributed by atoms with van der Waals surface area (Å²) in [6.07, 6.45) is 1.39. The smallest absolute Gasteiger partial charge is 0.339 e. The van der Waals surface area contributed by atoms with E-state index >= 15 is 0 Å². The van der Waals surface area contributed by atoms with Crippen molar-refractivity contribution in [2.24, 2.45) is 0 Å². The molecule has 6 nitrogen and oxygen atoms in total. The second kappa shape index (κ2) is 7.54. The first-order valence-electron chi connectivity index (χ1n) is 8.51. The number of rotatable bonds is 4. The molecule has 144 valence electrons. The largest absolute Gasteiger partial charge is 0.478 e. The number of benzene rings is 2. The van der Waals surface area contributed by atoms with Crippen molar-refractivity contribution in [3.63, 3.8) is 0 Å². The van der Waals surface area contributed by atoms with Crippen LogP contribution in [-0.4, -0.2) is 22.0 Å². The molecule has 0 spiro atoms. The SMILES string of the molecule is Nc1c(C(=O)Nc2scc(-c3ccc(Cl)cc3)c2C(=O)O)cnc2ccccc12. The fraction of sp³-hybridized carbons (Fsp3) is 0. The Kier molecular flexibility index (Phi) is 4.92. The molecule has 0 aliphatic heterocycles. The monoisotopic (exact) mass is 423 g/mol. The number of hydrogen-bond donors (Lipinski definition) is 3. The van der Waals surface area contributed by atoms with Gasteiger partial charge in [-0.3, -0.25) is 9.78 Å². The molecule has 1 amide bonds. The average Bonchev–Trinajstić information content (AvgIpc) is 3.12. The van der Waals surface area contributed by atoms with Crippen LogP contribution in [0.15, 0.2) is 60.1 Å². The van der Waals surface area contributed by atoms with Crippen LogP contribution in [-0.2, 0) is 0 Å². The van der Waals surface area contributed by atoms with E-state index in [1.54, 1.807) is 41.8 Å². The number of thiophene rings is 1. The van der Waals surface area contributed by atoms with E-state index in [-0.39, 0.29) is 16.1 Å². The normalized spacial score (nSPS) is 10.8. The first-order chi connectivity index (χ1) is 14.0. The molecule has 4 rings (SSSR count). The lowest BCUT2D eigenvalue weighted by Crippen LogP contribution is -2.16. The van der Waals surface area contributed by atoms with Crippen LogP contribution < -0.4 is 11.1 Å². The number of carbonyl (C=O) groups is 2. The summed E-state index contributed by atoms with van der Waals surface area (Å²) in [5.41, 5.74) is 8.50. The van der Waals surface area contributed by atoms with Crippen LogP contribution in [0.4, 0.5) is 10.7 Å². The Bertz CT molecular complexity index is 1250. The molecule has 2 heterocycles. The Morgan fingerprint density at radius 3 is 2.55 bits per heavy atom. The molecule has 0 aliphatic carbocycles. The molecule has 8 heteroatoms. The van der Waals surface area contributed by atoms with Crippen molar-refractivity contribution in [1.29, 1.82) is 0 Å². The minimum atomic E-state index is -1.14. The fourth-order valence-electron chi connectivity index (χ4n) is 3.02. The van der Waals surface area contributed by atoms with Gasteiger partial charge in [0.1, 0.15) is 10.6 Å². The van der Waals surface area contributed by atoms with Crippen LogP contribution >= 0.6 is 22.9 Å². The van der Waals surface area contributed by atoms with Gasteiger partial charge in [-0.1, -0.05) is 41.9 Å². The Morgan fingerprint density at radius 2 is 1.83 bits per heavy atom. The van der Waals surface area contributed by atoms with Crippen molar-refractivity contribution in [2.45, 2.75) is 0 Å². The molecule has 0 aliphatic rings. The third-order valence-corrected chi connectivity index (χ3v) is 5.60. The van der Waals surface area contributed by atoms with Gasteiger partial charge in [-0.2, -0.15) is 0 Å². The van der Waals surface area contributed by atoms with Crippen LogP contribution in [0.3, 0.4) is 0 Å². The second-order valence-corrected chi connectivity index (χ2v) is 7.54. The van der Waals surface area contributed by atoms with E-state index in [1.165, 1.54) is 6.20 Å². The lowest BCUT2D eigenvalue weighted by atomic mass is 10.0. The number of anilines is 2. The summed E-state index contributed by atoms with van der Waals surface area (Å²) < 4.78 is 0. The molecule has 4 aromatic rings. The molecular formula is C21H14ClN3O3S. The first kappa shape index (κ1) is 18.9. The van der Waals surface area contributed by atoms with Crippen molar-refractivity contribution < 1.29 is 14.7 Å². The standard InChI is InChI=1S/C21H14ClN3O3S/c22-12-7-5-11(6-8-12)15-10-29-20(17(15)21(27)28)25-19(26)14-9-24-16-4-2-1-3-13(16)18(14)23/h1-10H,(H2,23,24)(H,25,26)(H,27,28). The Balaban J connectivity index is 1.71. The Morgan fingerprint density at radius 1 is 1.10 bits per heavy atom. The van der Waals surface area contributed by atoms with Crippen LogP contribution in [0.5, 0.6) is 0 Å². The molecule has 2 aromatic carbocycles. The summed E-state index contributed by atoms with van der Waals surface area (Å²) in [7, 11) is 0. The summed E-state index contributed by atoms with van der Waals surface area (Å²) in [5.74, 6) is -1.66. The maximum Gasteiger partial charge on any atom is 0.339 e. The quantitative estimate of drug-likeness (QED) is 0.421. The Labute approximate surface area is 174 Å². The van der Waals surface area contributed by atoms with Gasteiger partial charge in [-0.15, -0.1) is 11.3 Å². The lowest BCUT2D eigenvalue weighted by Gasteiger charge is -2.09. The number of nitrogen functional groups attached to an aromatic ring is 1. The number of pyridine rings is 1. The Hall–Kier alpha value is -3.42. The molecule has 0 atom stereocenters. The van der Waals surface area contributed by atoms with E-state index < -0.39 is 11.9 Å². The molecule has 2 aromatic heterocycles. The van der Waals surface area contributed by atoms with Crippen molar-refractivity contribution in [3.8, 4) is 11.1 Å². The number of nitrogens with two attached hydrogens (primary N) is 1. The van der Waals surface area contributed by atoms with Gasteiger partial charge in [0.25, 0.3) is 5.91 Å². The number of aromatic carboxylic acids is 1. The van der Waals surface area contributed by atoms with E-state index in [1.807, 2.05) is 12.1 Å². The summed E-state index contributed by atoms with van der Waals surface area (Å²) in [6.45, 7) is 0. The fourth-order valence-corrected chi connectivity index (χ4v) is 4.10. The third-order valence-electron chi connectivity index (χ3n) is 4.45. The summed E-state index contributed by atoms with van der Waals surface area (Å²) in [4.78, 5) is 29.0. The minimum Gasteiger partial charge on any atom is -0.478 e. The highest BCUT2D eigenvalue weighted by Gasteiger charge is 2.22. The molecule has 0 saturated heterocycles. The van der Waals surface area contributed by atoms with Crippen LogP contribution in [0.2, 0.25) is 5.02 Å². The number of hydrogen-bond acceptors (Lipinski definition) is 5. The number of nitrogens with one attached hydrogen (secondary N) is 1. The second-order valence-electron chi connectivity index (χ2n) is 6.22. The third kappa shape index (κ3) is 3.53. The van der Waals surface area contributed by atoms with E-state index in [4.69, 9.17) is 17.3 Å². The number of fused-ring (bicyclic) bond motifs is 1. The summed E-state index contributed by atoms with van der Waals surface area (Å²) in [6, 6.07) is 14.0. The number of carboxylic acid groups (broad SMARTS) is 1. The van der Waals surface area contributed by atoms with Gasteiger partial charge in [0.2, 0.25) is 0 Å². The number of halogens is 1. The van der Waals surface area contributed by atoms with Gasteiger partial charge >= 0.3 is 5.97 Å². The van der Waals surface area contributed by atoms with E-state index in [0.29, 0.717) is 32.7 Å². The molecule has 0 saturated carbocycles.